The smallest absolute Gasteiger partial charge is 0.150 e. The van der Waals surface area contributed by atoms with Crippen LogP contribution in [0.4, 0.5) is 14.5 Å². The average Bonchev–Trinajstić information content (AvgIpc) is 2.26. The summed E-state index contributed by atoms with van der Waals surface area (Å²) < 4.78 is 33.2. The molecule has 0 radical (unpaired) electrons. The average molecular weight is 255 g/mol. The van der Waals surface area contributed by atoms with Crippen LogP contribution in [0.25, 0.3) is 0 Å². The number of hydrogen-bond donors (Lipinski definition) is 0. The molecule has 0 unspecified atom stereocenters. The molecular weight excluding hydrogens is 240 g/mol. The second-order valence-electron chi connectivity index (χ2n) is 4.98. The molecular formula is C13H15F2NO2. The van der Waals surface area contributed by atoms with Gasteiger partial charge >= 0.3 is 0 Å². The molecule has 2 rings (SSSR count). The SMILES string of the molecule is CC1(C)CN(c2c(F)cc(C=O)cc2F)CCO1. The van der Waals surface area contributed by atoms with Crippen LogP contribution in [0.1, 0.15) is 24.2 Å². The monoisotopic (exact) mass is 255 g/mol. The predicted molar refractivity (Wildman–Crippen MR) is 64.0 cm³/mol. The van der Waals surface area contributed by atoms with E-state index in [9.17, 15) is 13.6 Å². The molecule has 0 aromatic heterocycles. The van der Waals surface area contributed by atoms with Crippen LogP contribution in [0.2, 0.25) is 0 Å². The lowest BCUT2D eigenvalue weighted by Gasteiger charge is -2.39. The molecule has 0 spiro atoms. The van der Waals surface area contributed by atoms with Gasteiger partial charge in [0, 0.05) is 18.7 Å². The minimum atomic E-state index is -0.713. The second kappa shape index (κ2) is 4.65. The van der Waals surface area contributed by atoms with Crippen LogP contribution >= 0.6 is 0 Å². The maximum atomic E-state index is 13.9. The first-order valence-corrected chi connectivity index (χ1v) is 5.76. The van der Waals surface area contributed by atoms with Gasteiger partial charge in [-0.1, -0.05) is 0 Å². The van der Waals surface area contributed by atoms with Crippen LogP contribution in [-0.2, 0) is 4.74 Å². The number of ether oxygens (including phenoxy) is 1. The molecule has 1 heterocycles. The largest absolute Gasteiger partial charge is 0.372 e. The number of halogens is 2. The topological polar surface area (TPSA) is 29.5 Å². The summed E-state index contributed by atoms with van der Waals surface area (Å²) in [4.78, 5) is 12.1. The number of benzene rings is 1. The molecule has 0 bridgehead atoms. The highest BCUT2D eigenvalue weighted by Gasteiger charge is 2.30. The first-order valence-electron chi connectivity index (χ1n) is 5.76. The van der Waals surface area contributed by atoms with Crippen LogP contribution < -0.4 is 4.90 Å². The van der Waals surface area contributed by atoms with Crippen LogP contribution in [0.3, 0.4) is 0 Å². The molecule has 0 saturated carbocycles. The zero-order chi connectivity index (χ0) is 13.3. The van der Waals surface area contributed by atoms with Gasteiger partial charge in [0.05, 0.1) is 12.2 Å². The van der Waals surface area contributed by atoms with Crippen molar-refractivity contribution < 1.29 is 18.3 Å². The zero-order valence-corrected chi connectivity index (χ0v) is 10.4. The molecule has 1 aliphatic heterocycles. The Morgan fingerprint density at radius 1 is 1.33 bits per heavy atom. The highest BCUT2D eigenvalue weighted by molar-refractivity contribution is 5.76. The molecule has 1 aromatic rings. The summed E-state index contributed by atoms with van der Waals surface area (Å²) in [7, 11) is 0. The molecule has 0 amide bonds. The van der Waals surface area contributed by atoms with Gasteiger partial charge in [-0.15, -0.1) is 0 Å². The highest BCUT2D eigenvalue weighted by Crippen LogP contribution is 2.28. The lowest BCUT2D eigenvalue weighted by atomic mass is 10.1. The van der Waals surface area contributed by atoms with Gasteiger partial charge in [0.1, 0.15) is 23.6 Å². The van der Waals surface area contributed by atoms with Crippen molar-refractivity contribution in [3.05, 3.63) is 29.3 Å². The third-order valence-corrected chi connectivity index (χ3v) is 2.92. The lowest BCUT2D eigenvalue weighted by molar-refractivity contribution is -0.0280. The number of anilines is 1. The standard InChI is InChI=1S/C13H15F2NO2/c1-13(2)8-16(3-4-18-13)12-10(14)5-9(7-17)6-11(12)15/h5-7H,3-4,8H2,1-2H3. The Balaban J connectivity index is 2.36. The normalized spacial score (nSPS) is 18.8. The Hall–Kier alpha value is -1.49. The molecule has 0 aliphatic carbocycles. The Morgan fingerprint density at radius 2 is 1.94 bits per heavy atom. The lowest BCUT2D eigenvalue weighted by Crippen LogP contribution is -2.49. The van der Waals surface area contributed by atoms with Crippen molar-refractivity contribution in [1.29, 1.82) is 0 Å². The first-order chi connectivity index (χ1) is 8.43. The fraction of sp³-hybridized carbons (Fsp3) is 0.462. The summed E-state index contributed by atoms with van der Waals surface area (Å²) in [5.74, 6) is -1.43. The van der Waals surface area contributed by atoms with E-state index in [1.807, 2.05) is 13.8 Å². The number of nitrogens with zero attached hydrogens (tertiary/aromatic N) is 1. The van der Waals surface area contributed by atoms with Crippen molar-refractivity contribution >= 4 is 12.0 Å². The van der Waals surface area contributed by atoms with E-state index in [1.54, 1.807) is 4.90 Å². The van der Waals surface area contributed by atoms with Gasteiger partial charge in [-0.3, -0.25) is 4.79 Å². The van der Waals surface area contributed by atoms with E-state index in [-0.39, 0.29) is 11.3 Å². The number of morpholine rings is 1. The zero-order valence-electron chi connectivity index (χ0n) is 10.4. The Labute approximate surface area is 104 Å². The summed E-state index contributed by atoms with van der Waals surface area (Å²) in [6.45, 7) is 4.99. The predicted octanol–water partition coefficient (Wildman–Crippen LogP) is 2.39. The summed E-state index contributed by atoms with van der Waals surface area (Å²) in [5, 5.41) is 0. The van der Waals surface area contributed by atoms with E-state index in [2.05, 4.69) is 0 Å². The van der Waals surface area contributed by atoms with Crippen molar-refractivity contribution in [2.24, 2.45) is 0 Å². The maximum absolute atomic E-state index is 13.9. The maximum Gasteiger partial charge on any atom is 0.150 e. The van der Waals surface area contributed by atoms with Gasteiger partial charge in [0.25, 0.3) is 0 Å². The number of aldehydes is 1. The molecule has 1 fully saturated rings. The van der Waals surface area contributed by atoms with Gasteiger partial charge < -0.3 is 9.64 Å². The number of carbonyl (C=O) groups excluding carboxylic acids is 1. The van der Waals surface area contributed by atoms with Gasteiger partial charge in [-0.05, 0) is 26.0 Å². The Kier molecular flexibility index (Phi) is 3.34. The Morgan fingerprint density at radius 3 is 2.44 bits per heavy atom. The number of hydrogen-bond acceptors (Lipinski definition) is 3. The number of rotatable bonds is 2. The fourth-order valence-corrected chi connectivity index (χ4v) is 2.16. The van der Waals surface area contributed by atoms with Crippen molar-refractivity contribution in [3.8, 4) is 0 Å². The molecule has 1 aromatic carbocycles. The van der Waals surface area contributed by atoms with Crippen molar-refractivity contribution in [1.82, 2.24) is 0 Å². The summed E-state index contributed by atoms with van der Waals surface area (Å²) >= 11 is 0. The van der Waals surface area contributed by atoms with Crippen LogP contribution in [0, 0.1) is 11.6 Å². The molecule has 0 N–H and O–H groups in total. The molecule has 98 valence electrons. The van der Waals surface area contributed by atoms with E-state index < -0.39 is 17.2 Å². The van der Waals surface area contributed by atoms with Gasteiger partial charge in [0.15, 0.2) is 0 Å². The number of carbonyl (C=O) groups is 1. The second-order valence-corrected chi connectivity index (χ2v) is 4.98. The molecule has 18 heavy (non-hydrogen) atoms. The summed E-state index contributed by atoms with van der Waals surface area (Å²) in [5.41, 5.74) is -0.529. The van der Waals surface area contributed by atoms with Gasteiger partial charge in [-0.2, -0.15) is 0 Å². The van der Waals surface area contributed by atoms with E-state index in [4.69, 9.17) is 4.74 Å². The third kappa shape index (κ3) is 2.51. The van der Waals surface area contributed by atoms with E-state index in [1.165, 1.54) is 0 Å². The minimum absolute atomic E-state index is 0.00118. The van der Waals surface area contributed by atoms with Crippen molar-refractivity contribution in [3.63, 3.8) is 0 Å². The van der Waals surface area contributed by atoms with Crippen molar-refractivity contribution in [2.75, 3.05) is 24.6 Å². The fourth-order valence-electron chi connectivity index (χ4n) is 2.16. The van der Waals surface area contributed by atoms with Crippen molar-refractivity contribution in [2.45, 2.75) is 19.4 Å². The van der Waals surface area contributed by atoms with E-state index in [0.717, 1.165) is 12.1 Å². The molecule has 0 atom stereocenters. The van der Waals surface area contributed by atoms with E-state index >= 15 is 0 Å². The molecule has 1 saturated heterocycles. The van der Waals surface area contributed by atoms with Crippen LogP contribution in [0.5, 0.6) is 0 Å². The third-order valence-electron chi connectivity index (χ3n) is 2.92. The molecule has 5 heteroatoms. The highest BCUT2D eigenvalue weighted by atomic mass is 19.1. The Bertz CT molecular complexity index is 451. The summed E-state index contributed by atoms with van der Waals surface area (Å²) in [6, 6.07) is 2.10. The first kappa shape index (κ1) is 13.0. The quantitative estimate of drug-likeness (QED) is 0.760. The van der Waals surface area contributed by atoms with E-state index in [0.29, 0.717) is 26.0 Å². The molecule has 1 aliphatic rings. The van der Waals surface area contributed by atoms with Gasteiger partial charge in [-0.25, -0.2) is 8.78 Å². The molecule has 3 nitrogen and oxygen atoms in total. The van der Waals surface area contributed by atoms with Gasteiger partial charge in [0.2, 0.25) is 0 Å². The minimum Gasteiger partial charge on any atom is -0.372 e. The van der Waals surface area contributed by atoms with Crippen LogP contribution in [-0.4, -0.2) is 31.6 Å². The summed E-state index contributed by atoms with van der Waals surface area (Å²) in [6.07, 6.45) is 0.430. The van der Waals surface area contributed by atoms with Crippen LogP contribution in [0.15, 0.2) is 12.1 Å².